The van der Waals surface area contributed by atoms with Gasteiger partial charge in [0.05, 0.1) is 18.8 Å². The average molecular weight is 403 g/mol. The number of nitrogens with zero attached hydrogens (tertiary/aromatic N) is 1. The van der Waals surface area contributed by atoms with Gasteiger partial charge in [0.2, 0.25) is 0 Å². The molecule has 0 aromatic heterocycles. The van der Waals surface area contributed by atoms with Gasteiger partial charge in [-0.05, 0) is 29.8 Å². The molecule has 0 saturated carbocycles. The lowest BCUT2D eigenvalue weighted by Crippen LogP contribution is -2.43. The predicted octanol–water partition coefficient (Wildman–Crippen LogP) is 4.02. The van der Waals surface area contributed by atoms with Gasteiger partial charge in [0.15, 0.2) is 6.61 Å². The van der Waals surface area contributed by atoms with Gasteiger partial charge in [-0.25, -0.2) is 4.79 Å². The van der Waals surface area contributed by atoms with Crippen molar-refractivity contribution in [2.24, 2.45) is 0 Å². The second-order valence-electron chi connectivity index (χ2n) is 6.75. The summed E-state index contributed by atoms with van der Waals surface area (Å²) in [6.07, 6.45) is 0. The van der Waals surface area contributed by atoms with Crippen molar-refractivity contribution in [2.45, 2.75) is 6.04 Å². The molecule has 6 heteroatoms. The Labute approximate surface area is 174 Å². The molecule has 0 N–H and O–H groups in total. The minimum Gasteiger partial charge on any atom is -0.496 e. The van der Waals surface area contributed by atoms with Crippen molar-refractivity contribution in [2.75, 3.05) is 25.2 Å². The Morgan fingerprint density at radius 3 is 2.47 bits per heavy atom. The number of hydrogen-bond acceptors (Lipinski definition) is 5. The van der Waals surface area contributed by atoms with Gasteiger partial charge in [0.25, 0.3) is 5.91 Å². The molecule has 0 aliphatic carbocycles. The fourth-order valence-corrected chi connectivity index (χ4v) is 3.51. The van der Waals surface area contributed by atoms with E-state index >= 15 is 0 Å². The van der Waals surface area contributed by atoms with Crippen molar-refractivity contribution in [3.8, 4) is 11.5 Å². The maximum Gasteiger partial charge on any atom is 0.342 e. The van der Waals surface area contributed by atoms with E-state index in [2.05, 4.69) is 0 Å². The van der Waals surface area contributed by atoms with Crippen LogP contribution in [0.3, 0.4) is 0 Å². The monoisotopic (exact) mass is 403 g/mol. The largest absolute Gasteiger partial charge is 0.496 e. The number of esters is 1. The second-order valence-corrected chi connectivity index (χ2v) is 6.75. The highest BCUT2D eigenvalue weighted by atomic mass is 16.5. The molecule has 6 nitrogen and oxygen atoms in total. The van der Waals surface area contributed by atoms with Crippen LogP contribution in [0, 0.1) is 0 Å². The Bertz CT molecular complexity index is 1050. The van der Waals surface area contributed by atoms with Crippen LogP contribution in [0.1, 0.15) is 22.0 Å². The third kappa shape index (κ3) is 3.85. The molecule has 1 unspecified atom stereocenters. The van der Waals surface area contributed by atoms with Crippen molar-refractivity contribution in [3.05, 3.63) is 90.0 Å². The zero-order valence-electron chi connectivity index (χ0n) is 16.5. The van der Waals surface area contributed by atoms with Crippen molar-refractivity contribution >= 4 is 17.6 Å². The quantitative estimate of drug-likeness (QED) is 0.602. The highest BCUT2D eigenvalue weighted by molar-refractivity contribution is 5.99. The van der Waals surface area contributed by atoms with Crippen molar-refractivity contribution < 1.29 is 23.8 Å². The highest BCUT2D eigenvalue weighted by Crippen LogP contribution is 2.39. The third-order valence-electron chi connectivity index (χ3n) is 4.94. The number of ether oxygens (including phenoxy) is 3. The molecule has 1 aliphatic rings. The van der Waals surface area contributed by atoms with E-state index in [0.29, 0.717) is 23.8 Å². The van der Waals surface area contributed by atoms with Gasteiger partial charge in [-0.15, -0.1) is 0 Å². The summed E-state index contributed by atoms with van der Waals surface area (Å²) in [5.74, 6) is 0.0735. The first kappa shape index (κ1) is 19.5. The van der Waals surface area contributed by atoms with Crippen LogP contribution >= 0.6 is 0 Å². The van der Waals surface area contributed by atoms with Crippen LogP contribution in [0.25, 0.3) is 0 Å². The lowest BCUT2D eigenvalue weighted by molar-refractivity contribution is -0.122. The lowest BCUT2D eigenvalue weighted by Gasteiger charge is -2.37. The summed E-state index contributed by atoms with van der Waals surface area (Å²) in [6.45, 7) is -0.0816. The smallest absolute Gasteiger partial charge is 0.342 e. The number of benzene rings is 3. The molecule has 1 heterocycles. The average Bonchev–Trinajstić information content (AvgIpc) is 2.82. The molecule has 152 valence electrons. The van der Waals surface area contributed by atoms with Crippen LogP contribution in [0.2, 0.25) is 0 Å². The Balaban J connectivity index is 1.57. The maximum absolute atomic E-state index is 13.2. The molecule has 1 amide bonds. The van der Waals surface area contributed by atoms with Gasteiger partial charge in [0.1, 0.15) is 23.7 Å². The van der Waals surface area contributed by atoms with Crippen LogP contribution in [0.5, 0.6) is 11.5 Å². The summed E-state index contributed by atoms with van der Waals surface area (Å²) in [4.78, 5) is 27.4. The molecule has 1 atom stereocenters. The van der Waals surface area contributed by atoms with Gasteiger partial charge in [-0.2, -0.15) is 0 Å². The summed E-state index contributed by atoms with van der Waals surface area (Å²) in [5, 5.41) is 0. The SMILES string of the molecule is COc1ccccc1C(=O)OCC(=O)N1c2ccccc2OCC1c1ccccc1. The minimum atomic E-state index is -0.612. The highest BCUT2D eigenvalue weighted by Gasteiger charge is 2.33. The number of para-hydroxylation sites is 3. The molecule has 3 aromatic carbocycles. The molecule has 1 aliphatic heterocycles. The first-order chi connectivity index (χ1) is 14.7. The van der Waals surface area contributed by atoms with E-state index in [1.54, 1.807) is 29.2 Å². The van der Waals surface area contributed by atoms with E-state index in [-0.39, 0.29) is 17.5 Å². The standard InChI is InChI=1S/C24H21NO5/c1-28-21-13-7-5-11-18(21)24(27)30-16-23(26)25-19-12-6-8-14-22(19)29-15-20(25)17-9-3-2-4-10-17/h2-14,20H,15-16H2,1H3. The normalized spacial score (nSPS) is 15.0. The lowest BCUT2D eigenvalue weighted by atomic mass is 10.0. The maximum atomic E-state index is 13.2. The second kappa shape index (κ2) is 8.69. The van der Waals surface area contributed by atoms with Gasteiger partial charge in [-0.1, -0.05) is 54.6 Å². The van der Waals surface area contributed by atoms with Crippen molar-refractivity contribution in [1.82, 2.24) is 0 Å². The Morgan fingerprint density at radius 1 is 0.967 bits per heavy atom. The molecule has 0 radical (unpaired) electrons. The van der Waals surface area contributed by atoms with Crippen LogP contribution in [-0.2, 0) is 9.53 Å². The fraction of sp³-hybridized carbons (Fsp3) is 0.167. The van der Waals surface area contributed by atoms with Crippen LogP contribution < -0.4 is 14.4 Å². The van der Waals surface area contributed by atoms with Gasteiger partial charge >= 0.3 is 5.97 Å². The van der Waals surface area contributed by atoms with E-state index in [1.807, 2.05) is 54.6 Å². The van der Waals surface area contributed by atoms with Gasteiger partial charge in [0, 0.05) is 0 Å². The van der Waals surface area contributed by atoms with Gasteiger partial charge in [-0.3, -0.25) is 9.69 Å². The topological polar surface area (TPSA) is 65.1 Å². The number of anilines is 1. The van der Waals surface area contributed by atoms with Crippen LogP contribution in [0.15, 0.2) is 78.9 Å². The van der Waals surface area contributed by atoms with Crippen molar-refractivity contribution in [1.29, 1.82) is 0 Å². The van der Waals surface area contributed by atoms with E-state index in [1.165, 1.54) is 7.11 Å². The van der Waals surface area contributed by atoms with Crippen LogP contribution in [0.4, 0.5) is 5.69 Å². The molecule has 0 fully saturated rings. The summed E-state index contributed by atoms with van der Waals surface area (Å²) >= 11 is 0. The fourth-order valence-electron chi connectivity index (χ4n) is 3.51. The first-order valence-electron chi connectivity index (χ1n) is 9.58. The zero-order chi connectivity index (χ0) is 20.9. The Morgan fingerprint density at radius 2 is 1.67 bits per heavy atom. The summed E-state index contributed by atoms with van der Waals surface area (Å²) in [5.41, 5.74) is 1.86. The molecule has 4 rings (SSSR count). The number of rotatable bonds is 5. The predicted molar refractivity (Wildman–Crippen MR) is 112 cm³/mol. The number of carbonyl (C=O) groups is 2. The number of methoxy groups -OCH3 is 1. The van der Waals surface area contributed by atoms with E-state index in [4.69, 9.17) is 14.2 Å². The molecular formula is C24H21NO5. The number of fused-ring (bicyclic) bond motifs is 1. The Hall–Kier alpha value is -3.80. The molecule has 0 spiro atoms. The minimum absolute atomic E-state index is 0.273. The number of carbonyl (C=O) groups excluding carboxylic acids is 2. The van der Waals surface area contributed by atoms with E-state index < -0.39 is 12.6 Å². The molecule has 3 aromatic rings. The van der Waals surface area contributed by atoms with Crippen molar-refractivity contribution in [3.63, 3.8) is 0 Å². The summed E-state index contributed by atoms with van der Waals surface area (Å²) in [6, 6.07) is 23.4. The molecule has 0 saturated heterocycles. The van der Waals surface area contributed by atoms with E-state index in [9.17, 15) is 9.59 Å². The molecular weight excluding hydrogens is 382 g/mol. The Kier molecular flexibility index (Phi) is 5.66. The first-order valence-corrected chi connectivity index (χ1v) is 9.58. The third-order valence-corrected chi connectivity index (χ3v) is 4.94. The van der Waals surface area contributed by atoms with Gasteiger partial charge < -0.3 is 14.2 Å². The molecule has 0 bridgehead atoms. The van der Waals surface area contributed by atoms with Crippen LogP contribution in [-0.4, -0.2) is 32.2 Å². The zero-order valence-corrected chi connectivity index (χ0v) is 16.5. The number of hydrogen-bond donors (Lipinski definition) is 0. The summed E-state index contributed by atoms with van der Waals surface area (Å²) in [7, 11) is 1.48. The number of amides is 1. The summed E-state index contributed by atoms with van der Waals surface area (Å²) < 4.78 is 16.4. The molecule has 30 heavy (non-hydrogen) atoms. The van der Waals surface area contributed by atoms with E-state index in [0.717, 1.165) is 5.56 Å².